The van der Waals surface area contributed by atoms with E-state index in [9.17, 15) is 0 Å². The van der Waals surface area contributed by atoms with Crippen molar-refractivity contribution in [2.45, 2.75) is 129 Å². The molecule has 10 aromatic rings. The Morgan fingerprint density at radius 3 is 1.87 bits per heavy atom. The molecule has 0 bridgehead atoms. The van der Waals surface area contributed by atoms with Crippen LogP contribution < -0.4 is 15.7 Å². The van der Waals surface area contributed by atoms with E-state index in [1.54, 1.807) is 0 Å². The molecule has 14 rings (SSSR count). The topological polar surface area (TPSA) is 21.3 Å². The molecule has 5 heteroatoms. The third-order valence-electron chi connectivity index (χ3n) is 17.6. The van der Waals surface area contributed by atoms with Crippen molar-refractivity contribution >= 4 is 104 Å². The molecular weight excluding hydrogens is 832 g/mol. The van der Waals surface area contributed by atoms with Crippen LogP contribution in [0.3, 0.4) is 0 Å². The molecule has 2 aliphatic carbocycles. The minimum absolute atomic E-state index is 0.0284. The van der Waals surface area contributed by atoms with Crippen molar-refractivity contribution < 1.29 is 4.42 Å². The monoisotopic (exact) mass is 890 g/mol. The maximum atomic E-state index is 7.38. The highest BCUT2D eigenvalue weighted by Crippen LogP contribution is 2.57. The fraction of sp³-hybridized carbons (Fsp3) is 0.323. The van der Waals surface area contributed by atoms with Gasteiger partial charge in [0, 0.05) is 59.0 Å². The predicted octanol–water partition coefficient (Wildman–Crippen LogP) is 16.3. The smallest absolute Gasteiger partial charge is 0.333 e. The summed E-state index contributed by atoms with van der Waals surface area (Å²) in [6.07, 6.45) is 4.65. The van der Waals surface area contributed by atoms with Crippen LogP contribution in [-0.2, 0) is 27.1 Å². The molecule has 0 radical (unpaired) electrons. The van der Waals surface area contributed by atoms with E-state index in [1.165, 1.54) is 133 Å². The average Bonchev–Trinajstić information content (AvgIpc) is 3.97. The number of hydrogen-bond donors (Lipinski definition) is 0. The van der Waals surface area contributed by atoms with Gasteiger partial charge in [-0.3, -0.25) is 0 Å². The summed E-state index contributed by atoms with van der Waals surface area (Å²) in [5.74, 6) is 0. The van der Waals surface area contributed by atoms with Crippen LogP contribution in [0.4, 0.5) is 11.4 Å². The summed E-state index contributed by atoms with van der Waals surface area (Å²) in [6, 6.07) is 43.2. The summed E-state index contributed by atoms with van der Waals surface area (Å²) < 4.78 is 12.8. The number of rotatable bonds is 1. The van der Waals surface area contributed by atoms with Crippen LogP contribution in [0.1, 0.15) is 130 Å². The molecule has 0 spiro atoms. The van der Waals surface area contributed by atoms with Gasteiger partial charge in [-0.05, 0) is 152 Å². The number of thiophene rings is 1. The highest BCUT2D eigenvalue weighted by atomic mass is 32.1. The second-order valence-corrected chi connectivity index (χ2v) is 25.7. The van der Waals surface area contributed by atoms with Gasteiger partial charge in [0.25, 0.3) is 0 Å². The zero-order valence-corrected chi connectivity index (χ0v) is 41.8. The van der Waals surface area contributed by atoms with Crippen LogP contribution in [0, 0.1) is 0 Å². The quantitative estimate of drug-likeness (QED) is 0.153. The lowest BCUT2D eigenvalue weighted by Gasteiger charge is -2.46. The Kier molecular flexibility index (Phi) is 7.61. The molecule has 0 saturated carbocycles. The van der Waals surface area contributed by atoms with Gasteiger partial charge in [-0.2, -0.15) is 0 Å². The normalized spacial score (nSPS) is 18.6. The number of anilines is 2. The fourth-order valence-electron chi connectivity index (χ4n) is 13.5. The summed E-state index contributed by atoms with van der Waals surface area (Å²) in [5.41, 5.74) is 21.2. The number of furan rings is 1. The zero-order chi connectivity index (χ0) is 46.1. The van der Waals surface area contributed by atoms with Crippen molar-refractivity contribution in [2.24, 2.45) is 0 Å². The second-order valence-electron chi connectivity index (χ2n) is 24.6. The van der Waals surface area contributed by atoms with E-state index in [0.29, 0.717) is 0 Å². The SMILES string of the molecule is CC(C)(C)c1ccc(N2B3c4cc5c(cc4-n4c6cc7c(cc6c6c8oc9ccccc9c8c(c3c64)-c3cc4c(cc32)C(C)(C)CCC4(C)C)C(C)(C)CCC7(C)C)sc2ccccc25)cc1. The predicted molar refractivity (Wildman–Crippen MR) is 289 cm³/mol. The van der Waals surface area contributed by atoms with Crippen molar-refractivity contribution in [1.82, 2.24) is 4.57 Å². The van der Waals surface area contributed by atoms with Crippen molar-refractivity contribution in [2.75, 3.05) is 4.81 Å². The van der Waals surface area contributed by atoms with Gasteiger partial charge in [-0.25, -0.2) is 0 Å². The minimum atomic E-state index is -0.112. The molecule has 0 amide bonds. The van der Waals surface area contributed by atoms with Gasteiger partial charge in [0.1, 0.15) is 11.2 Å². The third-order valence-corrected chi connectivity index (χ3v) is 18.8. The molecule has 0 saturated heterocycles. The van der Waals surface area contributed by atoms with Crippen molar-refractivity contribution in [3.05, 3.63) is 137 Å². The van der Waals surface area contributed by atoms with E-state index in [-0.39, 0.29) is 33.9 Å². The fourth-order valence-corrected chi connectivity index (χ4v) is 14.6. The number of hydrogen-bond acceptors (Lipinski definition) is 3. The molecule has 67 heavy (non-hydrogen) atoms. The molecule has 7 aromatic carbocycles. The van der Waals surface area contributed by atoms with Gasteiger partial charge in [0.15, 0.2) is 0 Å². The Morgan fingerprint density at radius 1 is 0.567 bits per heavy atom. The lowest BCUT2D eigenvalue weighted by Crippen LogP contribution is -2.60. The second kappa shape index (κ2) is 12.7. The Bertz CT molecular complexity index is 3860. The van der Waals surface area contributed by atoms with Crippen LogP contribution in [0.25, 0.3) is 80.7 Å². The van der Waals surface area contributed by atoms with Crippen LogP contribution in [0.15, 0.2) is 114 Å². The van der Waals surface area contributed by atoms with Crippen molar-refractivity contribution in [3.8, 4) is 16.8 Å². The summed E-state index contributed by atoms with van der Waals surface area (Å²) in [7, 11) is 0. The molecule has 332 valence electrons. The van der Waals surface area contributed by atoms with Crippen LogP contribution >= 0.6 is 11.3 Å². The molecule has 0 atom stereocenters. The lowest BCUT2D eigenvalue weighted by molar-refractivity contribution is 0.332. The molecule has 0 fully saturated rings. The lowest BCUT2D eigenvalue weighted by atomic mass is 9.43. The molecule has 4 aliphatic rings. The summed E-state index contributed by atoms with van der Waals surface area (Å²) in [5, 5.41) is 7.68. The van der Waals surface area contributed by atoms with Gasteiger partial charge in [0.05, 0.1) is 16.4 Å². The van der Waals surface area contributed by atoms with E-state index >= 15 is 0 Å². The molecule has 2 aliphatic heterocycles. The van der Waals surface area contributed by atoms with E-state index in [1.807, 2.05) is 11.3 Å². The molecule has 0 N–H and O–H groups in total. The number of benzene rings is 7. The maximum absolute atomic E-state index is 7.38. The summed E-state index contributed by atoms with van der Waals surface area (Å²) in [6.45, 7) is 26.7. The first-order chi connectivity index (χ1) is 31.8. The number of nitrogens with zero attached hydrogens (tertiary/aromatic N) is 2. The first-order valence-electron chi connectivity index (χ1n) is 24.9. The van der Waals surface area contributed by atoms with Gasteiger partial charge < -0.3 is 13.8 Å². The van der Waals surface area contributed by atoms with Gasteiger partial charge in [-0.15, -0.1) is 11.3 Å². The highest BCUT2D eigenvalue weighted by molar-refractivity contribution is 7.26. The number of aromatic nitrogens is 1. The Labute approximate surface area is 398 Å². The maximum Gasteiger partial charge on any atom is 0.333 e. The molecule has 3 aromatic heterocycles. The number of para-hydroxylation sites is 1. The molecule has 5 heterocycles. The highest BCUT2D eigenvalue weighted by Gasteiger charge is 2.49. The molecular formula is C62H59BN2OS. The largest absolute Gasteiger partial charge is 0.455 e. The molecule has 0 unspecified atom stereocenters. The van der Waals surface area contributed by atoms with Gasteiger partial charge in [-0.1, -0.05) is 131 Å². The van der Waals surface area contributed by atoms with Crippen LogP contribution in [-0.4, -0.2) is 11.4 Å². The van der Waals surface area contributed by atoms with Crippen molar-refractivity contribution in [1.29, 1.82) is 0 Å². The Morgan fingerprint density at radius 2 is 1.18 bits per heavy atom. The van der Waals surface area contributed by atoms with E-state index in [0.717, 1.165) is 24.0 Å². The zero-order valence-electron chi connectivity index (χ0n) is 41.0. The standard InChI is InChI=1S/C62H59BN2OS/c1-58(2,3)34-20-22-35(23-21-34)65-47-32-44-42(60(6,7)25-27-62(44,10)11)29-40(47)52-53-37-17-12-14-18-49(37)66-57(53)54-39-28-41-43(61(8,9)26-24-59(41,4)5)31-46(39)64-48-33-51-38(36-16-13-15-19-50(36)67-51)30-45(48)63(65)55(52)56(54)64/h12-23,28-33H,24-27H2,1-11H3. The van der Waals surface area contributed by atoms with Crippen LogP contribution in [0.2, 0.25) is 0 Å². The van der Waals surface area contributed by atoms with Crippen LogP contribution in [0.5, 0.6) is 0 Å². The van der Waals surface area contributed by atoms with Gasteiger partial charge in [0.2, 0.25) is 0 Å². The van der Waals surface area contributed by atoms with E-state index < -0.39 is 0 Å². The summed E-state index contributed by atoms with van der Waals surface area (Å²) in [4.78, 5) is 2.77. The first kappa shape index (κ1) is 40.3. The van der Waals surface area contributed by atoms with E-state index in [4.69, 9.17) is 4.42 Å². The minimum Gasteiger partial charge on any atom is -0.455 e. The van der Waals surface area contributed by atoms with Gasteiger partial charge >= 0.3 is 6.85 Å². The summed E-state index contributed by atoms with van der Waals surface area (Å²) >= 11 is 1.93. The Balaban J connectivity index is 1.25. The Hall–Kier alpha value is -5.78. The van der Waals surface area contributed by atoms with Crippen molar-refractivity contribution in [3.63, 3.8) is 0 Å². The van der Waals surface area contributed by atoms with E-state index in [2.05, 4.69) is 195 Å². The average molecular weight is 891 g/mol. The molecule has 3 nitrogen and oxygen atoms in total. The first-order valence-corrected chi connectivity index (χ1v) is 25.7. The third kappa shape index (κ3) is 5.20. The number of fused-ring (bicyclic) bond motifs is 18.